The Morgan fingerprint density at radius 2 is 2.04 bits per heavy atom. The summed E-state index contributed by atoms with van der Waals surface area (Å²) < 4.78 is 11.6. The second kappa shape index (κ2) is 6.63. The zero-order valence-corrected chi connectivity index (χ0v) is 17.2. The maximum absolute atomic E-state index is 12.0. The van der Waals surface area contributed by atoms with Gasteiger partial charge < -0.3 is 9.16 Å². The predicted molar refractivity (Wildman–Crippen MR) is 97.8 cm³/mol. The van der Waals surface area contributed by atoms with Crippen LogP contribution in [0.2, 0.25) is 18.1 Å². The molecular weight excluding hydrogens is 320 g/mol. The van der Waals surface area contributed by atoms with Gasteiger partial charge in [0.05, 0.1) is 6.61 Å². The summed E-state index contributed by atoms with van der Waals surface area (Å²) in [5.74, 6) is -0.323. The molecule has 0 aromatic carbocycles. The van der Waals surface area contributed by atoms with Crippen LogP contribution in [0, 0.1) is 5.41 Å². The number of hydrogen-bond acceptors (Lipinski definition) is 4. The van der Waals surface area contributed by atoms with Gasteiger partial charge in [0.15, 0.2) is 14.0 Å². The van der Waals surface area contributed by atoms with Gasteiger partial charge in [0.2, 0.25) is 0 Å². The SMILES string of the molecule is CCOC(=O)c1n[nH]c2c1CCC(C)(CO[Si](C)(C)C(C)(C)C)C2. The van der Waals surface area contributed by atoms with Gasteiger partial charge in [-0.25, -0.2) is 4.79 Å². The van der Waals surface area contributed by atoms with E-state index in [0.29, 0.717) is 12.3 Å². The van der Waals surface area contributed by atoms with Crippen molar-refractivity contribution in [3.05, 3.63) is 17.0 Å². The van der Waals surface area contributed by atoms with Gasteiger partial charge in [-0.1, -0.05) is 27.7 Å². The Morgan fingerprint density at radius 3 is 2.62 bits per heavy atom. The molecule has 0 saturated carbocycles. The van der Waals surface area contributed by atoms with Crippen molar-refractivity contribution in [2.45, 2.75) is 72.0 Å². The van der Waals surface area contributed by atoms with E-state index in [4.69, 9.17) is 9.16 Å². The Morgan fingerprint density at radius 1 is 1.38 bits per heavy atom. The maximum atomic E-state index is 12.0. The number of carbonyl (C=O) groups excluding carboxylic acids is 1. The van der Waals surface area contributed by atoms with Gasteiger partial charge in [0.25, 0.3) is 0 Å². The fraction of sp³-hybridized carbons (Fsp3) is 0.778. The van der Waals surface area contributed by atoms with Crippen LogP contribution in [0.15, 0.2) is 0 Å². The van der Waals surface area contributed by atoms with Gasteiger partial charge in [-0.3, -0.25) is 5.10 Å². The third-order valence-corrected chi connectivity index (χ3v) is 10.1. The van der Waals surface area contributed by atoms with Crippen LogP contribution >= 0.6 is 0 Å². The summed E-state index contributed by atoms with van der Waals surface area (Å²) in [6, 6.07) is 0. The molecule has 1 aromatic heterocycles. The summed E-state index contributed by atoms with van der Waals surface area (Å²) in [7, 11) is -1.75. The molecule has 0 amide bonds. The number of nitrogens with zero attached hydrogens (tertiary/aromatic N) is 1. The molecule has 1 aliphatic carbocycles. The molecule has 1 unspecified atom stereocenters. The number of fused-ring (bicyclic) bond motifs is 1. The molecule has 1 aromatic rings. The van der Waals surface area contributed by atoms with Gasteiger partial charge >= 0.3 is 5.97 Å². The number of ether oxygens (including phenoxy) is 1. The van der Waals surface area contributed by atoms with Crippen LogP contribution in [-0.2, 0) is 22.0 Å². The molecule has 0 radical (unpaired) electrons. The Bertz CT molecular complexity index is 604. The monoisotopic (exact) mass is 352 g/mol. The van der Waals surface area contributed by atoms with E-state index >= 15 is 0 Å². The lowest BCUT2D eigenvalue weighted by Gasteiger charge is -2.41. The number of nitrogens with one attached hydrogen (secondary N) is 1. The molecule has 5 nitrogen and oxygen atoms in total. The number of aromatic nitrogens is 2. The molecule has 1 heterocycles. The summed E-state index contributed by atoms with van der Waals surface area (Å²) >= 11 is 0. The van der Waals surface area contributed by atoms with Gasteiger partial charge in [0, 0.05) is 17.9 Å². The van der Waals surface area contributed by atoms with Crippen LogP contribution in [-0.4, -0.2) is 37.7 Å². The summed E-state index contributed by atoms with van der Waals surface area (Å²) in [6.45, 7) is 16.6. The van der Waals surface area contributed by atoms with Crippen LogP contribution in [0.3, 0.4) is 0 Å². The van der Waals surface area contributed by atoms with Crippen LogP contribution in [0.25, 0.3) is 0 Å². The first-order valence-electron chi connectivity index (χ1n) is 8.86. The maximum Gasteiger partial charge on any atom is 0.359 e. The van der Waals surface area contributed by atoms with E-state index in [2.05, 4.69) is 51.0 Å². The van der Waals surface area contributed by atoms with Crippen LogP contribution in [0.4, 0.5) is 0 Å². The Labute approximate surface area is 146 Å². The molecule has 0 saturated heterocycles. The molecule has 0 fully saturated rings. The van der Waals surface area contributed by atoms with Crippen molar-refractivity contribution in [1.29, 1.82) is 0 Å². The normalized spacial score (nSPS) is 21.5. The first-order valence-corrected chi connectivity index (χ1v) is 11.8. The van der Waals surface area contributed by atoms with Crippen molar-refractivity contribution in [3.8, 4) is 0 Å². The standard InChI is InChI=1S/C18H32N2O3Si/c1-8-22-16(21)15-13-9-10-18(5,11-14(13)19-20-15)12-23-24(6,7)17(2,3)4/h8-12H2,1-7H3,(H,19,20). The fourth-order valence-corrected chi connectivity index (χ4v) is 3.96. The average Bonchev–Trinajstić information content (AvgIpc) is 2.87. The molecule has 0 spiro atoms. The summed E-state index contributed by atoms with van der Waals surface area (Å²) in [4.78, 5) is 12.0. The second-order valence-corrected chi connectivity index (χ2v) is 13.6. The lowest BCUT2D eigenvalue weighted by molar-refractivity contribution is 0.0517. The van der Waals surface area contributed by atoms with Gasteiger partial charge in [0.1, 0.15) is 0 Å². The predicted octanol–water partition coefficient (Wildman–Crippen LogP) is 4.10. The van der Waals surface area contributed by atoms with E-state index in [9.17, 15) is 4.79 Å². The summed E-state index contributed by atoms with van der Waals surface area (Å²) in [6.07, 6.45) is 2.71. The minimum Gasteiger partial charge on any atom is -0.461 e. The van der Waals surface area contributed by atoms with Crippen molar-refractivity contribution in [2.24, 2.45) is 5.41 Å². The van der Waals surface area contributed by atoms with E-state index in [1.54, 1.807) is 0 Å². The molecule has 1 atom stereocenters. The van der Waals surface area contributed by atoms with E-state index in [0.717, 1.165) is 37.1 Å². The highest BCUT2D eigenvalue weighted by Gasteiger charge is 2.41. The molecule has 24 heavy (non-hydrogen) atoms. The van der Waals surface area contributed by atoms with E-state index in [-0.39, 0.29) is 16.4 Å². The third kappa shape index (κ3) is 3.91. The zero-order valence-electron chi connectivity index (χ0n) is 16.2. The van der Waals surface area contributed by atoms with Crippen LogP contribution < -0.4 is 0 Å². The highest BCUT2D eigenvalue weighted by atomic mass is 28.4. The largest absolute Gasteiger partial charge is 0.461 e. The molecule has 2 rings (SSSR count). The van der Waals surface area contributed by atoms with Crippen molar-refractivity contribution in [1.82, 2.24) is 10.2 Å². The quantitative estimate of drug-likeness (QED) is 0.640. The first kappa shape index (κ1) is 19.2. The molecule has 0 bridgehead atoms. The lowest BCUT2D eigenvalue weighted by atomic mass is 9.75. The van der Waals surface area contributed by atoms with Crippen LogP contribution in [0.5, 0.6) is 0 Å². The molecule has 6 heteroatoms. The number of H-pyrrole nitrogens is 1. The van der Waals surface area contributed by atoms with Gasteiger partial charge in [-0.15, -0.1) is 0 Å². The zero-order chi connectivity index (χ0) is 18.2. The van der Waals surface area contributed by atoms with Crippen molar-refractivity contribution < 1.29 is 14.0 Å². The number of aromatic amines is 1. The van der Waals surface area contributed by atoms with E-state index in [1.807, 2.05) is 6.92 Å². The second-order valence-electron chi connectivity index (χ2n) is 8.79. The summed E-state index contributed by atoms with van der Waals surface area (Å²) in [5, 5.41) is 7.47. The average molecular weight is 353 g/mol. The third-order valence-electron chi connectivity index (χ3n) is 5.59. The minimum atomic E-state index is -1.75. The lowest BCUT2D eigenvalue weighted by Crippen LogP contribution is -2.44. The van der Waals surface area contributed by atoms with Crippen molar-refractivity contribution in [3.63, 3.8) is 0 Å². The molecule has 0 aliphatic heterocycles. The fourth-order valence-electron chi connectivity index (χ4n) is 2.82. The smallest absolute Gasteiger partial charge is 0.359 e. The highest BCUT2D eigenvalue weighted by Crippen LogP contribution is 2.41. The molecule has 136 valence electrons. The van der Waals surface area contributed by atoms with E-state index < -0.39 is 8.32 Å². The number of carbonyl (C=O) groups is 1. The highest BCUT2D eigenvalue weighted by molar-refractivity contribution is 6.74. The number of hydrogen-bond donors (Lipinski definition) is 1. The van der Waals surface area contributed by atoms with E-state index in [1.165, 1.54) is 0 Å². The van der Waals surface area contributed by atoms with Crippen molar-refractivity contribution >= 4 is 14.3 Å². The number of esters is 1. The first-order chi connectivity index (χ1) is 11.0. The molecule has 1 N–H and O–H groups in total. The molecular formula is C18H32N2O3Si. The topological polar surface area (TPSA) is 64.2 Å². The van der Waals surface area contributed by atoms with Gasteiger partial charge in [-0.2, -0.15) is 5.10 Å². The van der Waals surface area contributed by atoms with Crippen molar-refractivity contribution in [2.75, 3.05) is 13.2 Å². The molecule has 1 aliphatic rings. The van der Waals surface area contributed by atoms with Gasteiger partial charge in [-0.05, 0) is 49.7 Å². The summed E-state index contributed by atoms with van der Waals surface area (Å²) in [5.41, 5.74) is 2.63. The minimum absolute atomic E-state index is 0.0843. The Balaban J connectivity index is 2.08. The Kier molecular flexibility index (Phi) is 5.30. The Hall–Kier alpha value is -1.14. The number of rotatable bonds is 5. The van der Waals surface area contributed by atoms with Crippen LogP contribution in [0.1, 0.15) is 62.8 Å².